The summed E-state index contributed by atoms with van der Waals surface area (Å²) in [6, 6.07) is 7.19. The second-order valence-electron chi connectivity index (χ2n) is 6.47. The van der Waals surface area contributed by atoms with Crippen molar-refractivity contribution in [1.82, 2.24) is 9.80 Å². The Morgan fingerprint density at radius 1 is 1.14 bits per heavy atom. The van der Waals surface area contributed by atoms with Crippen LogP contribution in [0.2, 0.25) is 0 Å². The number of nitrogens with zero attached hydrogens (tertiary/aromatic N) is 2. The zero-order valence-corrected chi connectivity index (χ0v) is 12.5. The topological polar surface area (TPSA) is 26.7 Å². The summed E-state index contributed by atoms with van der Waals surface area (Å²) in [5, 5.41) is 9.32. The molecular weight excluding hydrogens is 267 g/mol. The predicted octanol–water partition coefficient (Wildman–Crippen LogP) is 2.10. The molecule has 1 saturated carbocycles. The first-order chi connectivity index (χ1) is 10.2. The maximum Gasteiger partial charge on any atom is 0.123 e. The third-order valence-electron chi connectivity index (χ3n) is 4.66. The molecule has 1 heterocycles. The Morgan fingerprint density at radius 3 is 2.57 bits per heavy atom. The molecule has 116 valence electrons. The Hall–Kier alpha value is -0.970. The van der Waals surface area contributed by atoms with Crippen LogP contribution < -0.4 is 0 Å². The van der Waals surface area contributed by atoms with Gasteiger partial charge in [-0.1, -0.05) is 12.1 Å². The normalized spacial score (nSPS) is 24.4. The monoisotopic (exact) mass is 292 g/mol. The van der Waals surface area contributed by atoms with Gasteiger partial charge in [0.1, 0.15) is 5.82 Å². The molecule has 0 amide bonds. The summed E-state index contributed by atoms with van der Waals surface area (Å²) in [5.41, 5.74) is 1.15. The van der Waals surface area contributed by atoms with Gasteiger partial charge in [-0.2, -0.15) is 0 Å². The van der Waals surface area contributed by atoms with E-state index in [1.165, 1.54) is 31.5 Å². The van der Waals surface area contributed by atoms with Gasteiger partial charge in [0.15, 0.2) is 0 Å². The van der Waals surface area contributed by atoms with Gasteiger partial charge in [0.2, 0.25) is 0 Å². The molecule has 1 aliphatic heterocycles. The maximum atomic E-state index is 13.0. The van der Waals surface area contributed by atoms with E-state index in [0.29, 0.717) is 6.04 Å². The van der Waals surface area contributed by atoms with E-state index >= 15 is 0 Å². The summed E-state index contributed by atoms with van der Waals surface area (Å²) in [4.78, 5) is 4.99. The van der Waals surface area contributed by atoms with Gasteiger partial charge < -0.3 is 10.0 Å². The van der Waals surface area contributed by atoms with Crippen molar-refractivity contribution in [3.05, 3.63) is 35.6 Å². The van der Waals surface area contributed by atoms with Crippen molar-refractivity contribution in [1.29, 1.82) is 0 Å². The van der Waals surface area contributed by atoms with Gasteiger partial charge in [0, 0.05) is 45.4 Å². The van der Waals surface area contributed by atoms with Gasteiger partial charge in [-0.25, -0.2) is 4.39 Å². The minimum atomic E-state index is -0.181. The third-order valence-corrected chi connectivity index (χ3v) is 4.66. The molecule has 4 heteroatoms. The number of hydrogen-bond donors (Lipinski definition) is 1. The fourth-order valence-corrected chi connectivity index (χ4v) is 3.24. The Labute approximate surface area is 126 Å². The van der Waals surface area contributed by atoms with Gasteiger partial charge in [-0.3, -0.25) is 4.90 Å². The molecule has 21 heavy (non-hydrogen) atoms. The van der Waals surface area contributed by atoms with E-state index in [-0.39, 0.29) is 12.4 Å². The number of halogens is 1. The lowest BCUT2D eigenvalue weighted by Crippen LogP contribution is -2.53. The SMILES string of the molecule is OCC[C@@H]1CN(CC2CC2)CCN1Cc1ccc(F)cc1. The zero-order valence-electron chi connectivity index (χ0n) is 12.5. The quantitative estimate of drug-likeness (QED) is 0.870. The molecule has 3 rings (SSSR count). The highest BCUT2D eigenvalue weighted by molar-refractivity contribution is 5.16. The smallest absolute Gasteiger partial charge is 0.123 e. The van der Waals surface area contributed by atoms with Crippen LogP contribution in [-0.2, 0) is 6.54 Å². The lowest BCUT2D eigenvalue weighted by Gasteiger charge is -2.41. The van der Waals surface area contributed by atoms with Crippen molar-refractivity contribution in [2.75, 3.05) is 32.8 Å². The summed E-state index contributed by atoms with van der Waals surface area (Å²) in [7, 11) is 0. The van der Waals surface area contributed by atoms with Crippen LogP contribution in [0, 0.1) is 11.7 Å². The summed E-state index contributed by atoms with van der Waals surface area (Å²) in [6.45, 7) is 5.52. The van der Waals surface area contributed by atoms with Crippen LogP contribution in [0.25, 0.3) is 0 Å². The first kappa shape index (κ1) is 14.9. The van der Waals surface area contributed by atoms with Crippen LogP contribution in [0.4, 0.5) is 4.39 Å². The van der Waals surface area contributed by atoms with Crippen LogP contribution in [0.3, 0.4) is 0 Å². The van der Waals surface area contributed by atoms with Crippen molar-refractivity contribution in [3.8, 4) is 0 Å². The van der Waals surface area contributed by atoms with E-state index in [4.69, 9.17) is 0 Å². The van der Waals surface area contributed by atoms with Gasteiger partial charge in [-0.15, -0.1) is 0 Å². The van der Waals surface area contributed by atoms with Gasteiger partial charge in [0.25, 0.3) is 0 Å². The average molecular weight is 292 g/mol. The van der Waals surface area contributed by atoms with Gasteiger partial charge >= 0.3 is 0 Å². The first-order valence-electron chi connectivity index (χ1n) is 8.06. The molecule has 2 fully saturated rings. The Kier molecular flexibility index (Phi) is 4.88. The van der Waals surface area contributed by atoms with E-state index in [2.05, 4.69) is 9.80 Å². The average Bonchev–Trinajstić information content (AvgIpc) is 3.28. The lowest BCUT2D eigenvalue weighted by molar-refractivity contribution is 0.0515. The Morgan fingerprint density at radius 2 is 1.90 bits per heavy atom. The maximum absolute atomic E-state index is 13.0. The molecule has 0 radical (unpaired) electrons. The van der Waals surface area contributed by atoms with Crippen LogP contribution in [0.15, 0.2) is 24.3 Å². The molecule has 1 atom stereocenters. The summed E-state index contributed by atoms with van der Waals surface area (Å²) >= 11 is 0. The largest absolute Gasteiger partial charge is 0.396 e. The van der Waals surface area contributed by atoms with Crippen molar-refractivity contribution in [2.45, 2.75) is 31.8 Å². The molecule has 0 spiro atoms. The second kappa shape index (κ2) is 6.86. The van der Waals surface area contributed by atoms with Crippen LogP contribution in [0.1, 0.15) is 24.8 Å². The van der Waals surface area contributed by atoms with Gasteiger partial charge in [0.05, 0.1) is 0 Å². The van der Waals surface area contributed by atoms with Crippen molar-refractivity contribution in [2.24, 2.45) is 5.92 Å². The highest BCUT2D eigenvalue weighted by Crippen LogP contribution is 2.30. The van der Waals surface area contributed by atoms with Crippen molar-refractivity contribution >= 4 is 0 Å². The molecule has 1 aliphatic carbocycles. The number of aliphatic hydroxyl groups excluding tert-OH is 1. The number of benzene rings is 1. The van der Waals surface area contributed by atoms with Crippen LogP contribution in [0.5, 0.6) is 0 Å². The van der Waals surface area contributed by atoms with Crippen molar-refractivity contribution < 1.29 is 9.50 Å². The minimum absolute atomic E-state index is 0.181. The molecule has 1 aromatic rings. The number of piperazine rings is 1. The fraction of sp³-hybridized carbons (Fsp3) is 0.647. The van der Waals surface area contributed by atoms with Crippen molar-refractivity contribution in [3.63, 3.8) is 0 Å². The van der Waals surface area contributed by atoms with E-state index < -0.39 is 0 Å². The van der Waals surface area contributed by atoms with Crippen LogP contribution in [-0.4, -0.2) is 53.7 Å². The fourth-order valence-electron chi connectivity index (χ4n) is 3.24. The molecule has 1 aromatic carbocycles. The molecule has 1 saturated heterocycles. The highest BCUT2D eigenvalue weighted by Gasteiger charge is 2.30. The van der Waals surface area contributed by atoms with Gasteiger partial charge in [-0.05, 0) is 42.9 Å². The molecule has 2 aliphatic rings. The zero-order chi connectivity index (χ0) is 14.7. The lowest BCUT2D eigenvalue weighted by atomic mass is 10.1. The van der Waals surface area contributed by atoms with E-state index in [9.17, 15) is 9.50 Å². The van der Waals surface area contributed by atoms with E-state index in [0.717, 1.165) is 44.1 Å². The molecule has 0 unspecified atom stereocenters. The Balaban J connectivity index is 1.58. The van der Waals surface area contributed by atoms with E-state index in [1.54, 1.807) is 0 Å². The molecular formula is C17H25FN2O. The molecule has 0 bridgehead atoms. The number of rotatable bonds is 6. The molecule has 3 nitrogen and oxygen atoms in total. The Bertz CT molecular complexity index is 447. The molecule has 0 aromatic heterocycles. The summed E-state index contributed by atoms with van der Waals surface area (Å²) < 4.78 is 13.0. The summed E-state index contributed by atoms with van der Waals surface area (Å²) in [6.07, 6.45) is 3.60. The number of hydrogen-bond acceptors (Lipinski definition) is 3. The van der Waals surface area contributed by atoms with Crippen LogP contribution >= 0.6 is 0 Å². The number of aliphatic hydroxyl groups is 1. The second-order valence-corrected chi connectivity index (χ2v) is 6.47. The predicted molar refractivity (Wildman–Crippen MR) is 81.5 cm³/mol. The molecule has 1 N–H and O–H groups in total. The first-order valence-corrected chi connectivity index (χ1v) is 8.06. The minimum Gasteiger partial charge on any atom is -0.396 e. The summed E-state index contributed by atoms with van der Waals surface area (Å²) in [5.74, 6) is 0.739. The van der Waals surface area contributed by atoms with E-state index in [1.807, 2.05) is 12.1 Å². The highest BCUT2D eigenvalue weighted by atomic mass is 19.1. The third kappa shape index (κ3) is 4.25. The standard InChI is InChI=1S/C17H25FN2O/c18-16-5-3-15(4-6-16)12-20-9-8-19(11-14-1-2-14)13-17(20)7-10-21/h3-6,14,17,21H,1-2,7-13H2/t17-/m1/s1.